The first-order valence-corrected chi connectivity index (χ1v) is 9.38. The summed E-state index contributed by atoms with van der Waals surface area (Å²) in [5, 5.41) is 5.03. The van der Waals surface area contributed by atoms with E-state index >= 15 is 0 Å². The van der Waals surface area contributed by atoms with Gasteiger partial charge in [0.05, 0.1) is 19.8 Å². The van der Waals surface area contributed by atoms with E-state index in [1.165, 1.54) is 4.88 Å². The molecule has 1 atom stereocenters. The summed E-state index contributed by atoms with van der Waals surface area (Å²) in [5.74, 6) is 0.813. The molecule has 0 spiro atoms. The van der Waals surface area contributed by atoms with E-state index in [-0.39, 0.29) is 12.1 Å². The van der Waals surface area contributed by atoms with Gasteiger partial charge in [-0.1, -0.05) is 6.07 Å². The Bertz CT molecular complexity index is 697. The fraction of sp³-hybridized carbons (Fsp3) is 0.421. The van der Waals surface area contributed by atoms with Crippen molar-refractivity contribution < 1.29 is 14.3 Å². The zero-order chi connectivity index (χ0) is 17.6. The highest BCUT2D eigenvalue weighted by molar-refractivity contribution is 7.09. The van der Waals surface area contributed by atoms with Crippen LogP contribution < -0.4 is 10.1 Å². The summed E-state index contributed by atoms with van der Waals surface area (Å²) in [7, 11) is 1.64. The van der Waals surface area contributed by atoms with Crippen molar-refractivity contribution in [2.45, 2.75) is 32.4 Å². The summed E-state index contributed by atoms with van der Waals surface area (Å²) in [5.41, 5.74) is 1.76. The topological polar surface area (TPSA) is 50.8 Å². The molecule has 1 N–H and O–H groups in total. The van der Waals surface area contributed by atoms with Crippen molar-refractivity contribution in [3.8, 4) is 5.75 Å². The molecule has 3 rings (SSSR count). The van der Waals surface area contributed by atoms with Gasteiger partial charge in [-0.05, 0) is 55.0 Å². The Balaban J connectivity index is 1.69. The number of ether oxygens (including phenoxy) is 2. The van der Waals surface area contributed by atoms with Gasteiger partial charge in [0.1, 0.15) is 5.75 Å². The van der Waals surface area contributed by atoms with Crippen molar-refractivity contribution in [1.29, 1.82) is 0 Å². The summed E-state index contributed by atoms with van der Waals surface area (Å²) in [6.07, 6.45) is 2.20. The van der Waals surface area contributed by atoms with E-state index in [9.17, 15) is 4.79 Å². The average molecular weight is 360 g/mol. The Morgan fingerprint density at radius 3 is 2.96 bits per heavy atom. The lowest BCUT2D eigenvalue weighted by Crippen LogP contribution is -2.39. The number of methoxy groups -OCH3 is 1. The second-order valence-electron chi connectivity index (χ2n) is 6.21. The average Bonchev–Trinajstić information content (AvgIpc) is 3.28. The summed E-state index contributed by atoms with van der Waals surface area (Å²) < 4.78 is 11.0. The molecule has 6 heteroatoms. The number of benzene rings is 1. The Morgan fingerprint density at radius 2 is 2.32 bits per heavy atom. The number of urea groups is 1. The molecule has 5 nitrogen and oxygen atoms in total. The number of carbonyl (C=O) groups is 1. The van der Waals surface area contributed by atoms with E-state index in [2.05, 4.69) is 11.4 Å². The van der Waals surface area contributed by atoms with Crippen molar-refractivity contribution in [3.05, 3.63) is 46.2 Å². The molecule has 1 aromatic heterocycles. The van der Waals surface area contributed by atoms with Crippen LogP contribution in [0.2, 0.25) is 0 Å². The molecule has 1 aliphatic heterocycles. The summed E-state index contributed by atoms with van der Waals surface area (Å²) in [6.45, 7) is 3.96. The third kappa shape index (κ3) is 4.74. The van der Waals surface area contributed by atoms with Crippen molar-refractivity contribution in [2.24, 2.45) is 0 Å². The number of amides is 2. The molecule has 134 valence electrons. The minimum Gasteiger partial charge on any atom is -0.496 e. The van der Waals surface area contributed by atoms with Crippen LogP contribution in [0.15, 0.2) is 35.7 Å². The fourth-order valence-electron chi connectivity index (χ4n) is 3.00. The highest BCUT2D eigenvalue weighted by atomic mass is 32.1. The van der Waals surface area contributed by atoms with E-state index in [1.54, 1.807) is 18.4 Å². The lowest BCUT2D eigenvalue weighted by Gasteiger charge is -2.25. The van der Waals surface area contributed by atoms with Gasteiger partial charge in [-0.15, -0.1) is 11.3 Å². The normalized spacial score (nSPS) is 16.6. The van der Waals surface area contributed by atoms with Gasteiger partial charge in [-0.3, -0.25) is 0 Å². The van der Waals surface area contributed by atoms with Gasteiger partial charge in [0.15, 0.2) is 0 Å². The molecule has 0 saturated carbocycles. The molecule has 0 bridgehead atoms. The van der Waals surface area contributed by atoms with Gasteiger partial charge in [0.2, 0.25) is 0 Å². The first kappa shape index (κ1) is 17.8. The number of carbonyl (C=O) groups excluding carboxylic acids is 1. The first-order valence-electron chi connectivity index (χ1n) is 8.50. The van der Waals surface area contributed by atoms with Crippen LogP contribution in [0.5, 0.6) is 5.75 Å². The van der Waals surface area contributed by atoms with Crippen LogP contribution in [0.1, 0.15) is 23.3 Å². The molecule has 1 saturated heterocycles. The van der Waals surface area contributed by atoms with Gasteiger partial charge in [0, 0.05) is 23.7 Å². The molecule has 1 aromatic carbocycles. The number of hydrogen-bond donors (Lipinski definition) is 1. The fourth-order valence-corrected chi connectivity index (χ4v) is 3.72. The van der Waals surface area contributed by atoms with E-state index in [0.717, 1.165) is 36.4 Å². The van der Waals surface area contributed by atoms with Crippen molar-refractivity contribution in [1.82, 2.24) is 4.90 Å². The van der Waals surface area contributed by atoms with Crippen LogP contribution >= 0.6 is 11.3 Å². The van der Waals surface area contributed by atoms with Crippen LogP contribution in [0.3, 0.4) is 0 Å². The first-order chi connectivity index (χ1) is 12.2. The quantitative estimate of drug-likeness (QED) is 0.836. The van der Waals surface area contributed by atoms with Gasteiger partial charge >= 0.3 is 6.03 Å². The molecular formula is C19H24N2O3S. The van der Waals surface area contributed by atoms with Gasteiger partial charge in [0.25, 0.3) is 0 Å². The highest BCUT2D eigenvalue weighted by Gasteiger charge is 2.23. The summed E-state index contributed by atoms with van der Waals surface area (Å²) >= 11 is 1.66. The maximum absolute atomic E-state index is 12.8. The van der Waals surface area contributed by atoms with Gasteiger partial charge in [-0.2, -0.15) is 0 Å². The van der Waals surface area contributed by atoms with Crippen LogP contribution in [-0.2, 0) is 11.3 Å². The lowest BCUT2D eigenvalue weighted by molar-refractivity contribution is 0.0821. The molecule has 1 fully saturated rings. The molecule has 0 aliphatic carbocycles. The zero-order valence-electron chi connectivity index (χ0n) is 14.7. The van der Waals surface area contributed by atoms with Crippen molar-refractivity contribution in [2.75, 3.05) is 25.6 Å². The largest absolute Gasteiger partial charge is 0.496 e. The molecule has 0 radical (unpaired) electrons. The smallest absolute Gasteiger partial charge is 0.322 e. The maximum Gasteiger partial charge on any atom is 0.322 e. The van der Waals surface area contributed by atoms with Crippen LogP contribution in [0.4, 0.5) is 10.5 Å². The molecule has 1 aliphatic rings. The Labute approximate surface area is 152 Å². The second-order valence-corrected chi connectivity index (χ2v) is 7.24. The molecule has 25 heavy (non-hydrogen) atoms. The van der Waals surface area contributed by atoms with E-state index in [0.29, 0.717) is 13.1 Å². The van der Waals surface area contributed by atoms with Gasteiger partial charge < -0.3 is 19.7 Å². The highest BCUT2D eigenvalue weighted by Crippen LogP contribution is 2.23. The van der Waals surface area contributed by atoms with E-state index in [1.807, 2.05) is 41.5 Å². The van der Waals surface area contributed by atoms with Gasteiger partial charge in [-0.25, -0.2) is 4.79 Å². The molecule has 1 unspecified atom stereocenters. The third-order valence-electron chi connectivity index (χ3n) is 4.31. The Morgan fingerprint density at radius 1 is 1.44 bits per heavy atom. The predicted molar refractivity (Wildman–Crippen MR) is 100 cm³/mol. The number of nitrogens with one attached hydrogen (secondary N) is 1. The number of hydrogen-bond acceptors (Lipinski definition) is 4. The number of anilines is 1. The number of nitrogens with zero attached hydrogens (tertiary/aromatic N) is 1. The standard InChI is InChI=1S/C19H24N2O3S/c1-14-11-15(7-8-18(14)23-2)20-19(22)21(12-16-5-3-9-24-16)13-17-6-4-10-25-17/h4,6-8,10-11,16H,3,5,9,12-13H2,1-2H3,(H,20,22). The number of aryl methyl sites for hydroxylation is 1. The minimum absolute atomic E-state index is 0.103. The lowest BCUT2D eigenvalue weighted by atomic mass is 10.2. The van der Waals surface area contributed by atoms with Crippen LogP contribution in [0.25, 0.3) is 0 Å². The Kier molecular flexibility index (Phi) is 5.94. The summed E-state index contributed by atoms with van der Waals surface area (Å²) in [4.78, 5) is 15.8. The molecule has 2 amide bonds. The van der Waals surface area contributed by atoms with Crippen LogP contribution in [-0.4, -0.2) is 37.3 Å². The van der Waals surface area contributed by atoms with Crippen LogP contribution in [0, 0.1) is 6.92 Å². The zero-order valence-corrected chi connectivity index (χ0v) is 15.5. The molecule has 2 aromatic rings. The Hall–Kier alpha value is -2.05. The SMILES string of the molecule is COc1ccc(NC(=O)N(Cc2cccs2)CC2CCCO2)cc1C. The minimum atomic E-state index is -0.103. The second kappa shape index (κ2) is 8.36. The molecule has 2 heterocycles. The maximum atomic E-state index is 12.8. The number of rotatable bonds is 6. The third-order valence-corrected chi connectivity index (χ3v) is 5.17. The van der Waals surface area contributed by atoms with Crippen molar-refractivity contribution >= 4 is 23.1 Å². The predicted octanol–water partition coefficient (Wildman–Crippen LogP) is 4.28. The number of thiophene rings is 1. The van der Waals surface area contributed by atoms with Crippen molar-refractivity contribution in [3.63, 3.8) is 0 Å². The van der Waals surface area contributed by atoms with E-state index < -0.39 is 0 Å². The van der Waals surface area contributed by atoms with E-state index in [4.69, 9.17) is 9.47 Å². The molecular weight excluding hydrogens is 336 g/mol. The summed E-state index contributed by atoms with van der Waals surface area (Å²) in [6, 6.07) is 9.61. The monoisotopic (exact) mass is 360 g/mol.